The normalized spacial score (nSPS) is 11.0. The third-order valence-electron chi connectivity index (χ3n) is 5.39. The highest BCUT2D eigenvalue weighted by molar-refractivity contribution is 7.13. The van der Waals surface area contributed by atoms with Crippen LogP contribution in [-0.2, 0) is 13.6 Å². The van der Waals surface area contributed by atoms with Gasteiger partial charge in [0, 0.05) is 30.0 Å². The van der Waals surface area contributed by atoms with Gasteiger partial charge in [0.1, 0.15) is 0 Å². The van der Waals surface area contributed by atoms with Crippen molar-refractivity contribution >= 4 is 28.8 Å². The van der Waals surface area contributed by atoms with Gasteiger partial charge in [-0.25, -0.2) is 15.0 Å². The Kier molecular flexibility index (Phi) is 5.95. The maximum absolute atomic E-state index is 13.2. The Labute approximate surface area is 204 Å². The second-order valence-electron chi connectivity index (χ2n) is 7.66. The number of hydrogen-bond donors (Lipinski definition) is 1. The fraction of sp³-hybridized carbons (Fsp3) is 0.125. The van der Waals surface area contributed by atoms with Crippen molar-refractivity contribution in [2.45, 2.75) is 13.5 Å². The van der Waals surface area contributed by atoms with Crippen molar-refractivity contribution in [2.24, 2.45) is 7.05 Å². The van der Waals surface area contributed by atoms with E-state index in [1.807, 2.05) is 54.3 Å². The third kappa shape index (κ3) is 4.11. The first kappa shape index (κ1) is 22.0. The molecule has 0 atom stereocenters. The standard InChI is InChI=1S/C24H20ClN7OS/c1-15-10-28-24(30-21(15)20-8-5-9-34-20)32-22(17-6-3-4-7-19(17)25)18(13-29-32)23(33)27-12-16-11-26-14-31(16)2/h3-11,13-14H,12H2,1-2H3,(H,27,33). The van der Waals surface area contributed by atoms with E-state index >= 15 is 0 Å². The van der Waals surface area contributed by atoms with Crippen LogP contribution < -0.4 is 5.32 Å². The first-order valence-electron chi connectivity index (χ1n) is 10.5. The molecule has 1 amide bonds. The van der Waals surface area contributed by atoms with E-state index in [0.29, 0.717) is 34.3 Å². The second-order valence-corrected chi connectivity index (χ2v) is 9.01. The van der Waals surface area contributed by atoms with Crippen LogP contribution in [0.15, 0.2) is 66.7 Å². The molecule has 34 heavy (non-hydrogen) atoms. The molecule has 0 aliphatic rings. The summed E-state index contributed by atoms with van der Waals surface area (Å²) >= 11 is 8.15. The number of aryl methyl sites for hydroxylation is 2. The number of amides is 1. The van der Waals surface area contributed by atoms with Crippen molar-refractivity contribution in [3.05, 3.63) is 88.5 Å². The summed E-state index contributed by atoms with van der Waals surface area (Å²) in [6, 6.07) is 11.3. The van der Waals surface area contributed by atoms with Gasteiger partial charge in [0.2, 0.25) is 0 Å². The zero-order valence-electron chi connectivity index (χ0n) is 18.4. The van der Waals surface area contributed by atoms with Crippen molar-refractivity contribution in [3.8, 4) is 27.8 Å². The zero-order valence-corrected chi connectivity index (χ0v) is 20.0. The molecule has 4 aromatic heterocycles. The van der Waals surface area contributed by atoms with Gasteiger partial charge in [-0.15, -0.1) is 11.3 Å². The lowest BCUT2D eigenvalue weighted by molar-refractivity contribution is 0.0951. The van der Waals surface area contributed by atoms with Gasteiger partial charge in [0.15, 0.2) is 0 Å². The van der Waals surface area contributed by atoms with E-state index in [2.05, 4.69) is 20.4 Å². The highest BCUT2D eigenvalue weighted by Gasteiger charge is 2.23. The van der Waals surface area contributed by atoms with Crippen LogP contribution >= 0.6 is 22.9 Å². The number of hydrogen-bond acceptors (Lipinski definition) is 6. The summed E-state index contributed by atoms with van der Waals surface area (Å²) in [7, 11) is 1.88. The fourth-order valence-corrected chi connectivity index (χ4v) is 4.60. The van der Waals surface area contributed by atoms with Crippen LogP contribution in [0.3, 0.4) is 0 Å². The maximum atomic E-state index is 13.2. The summed E-state index contributed by atoms with van der Waals surface area (Å²) in [5, 5.41) is 9.94. The lowest BCUT2D eigenvalue weighted by atomic mass is 10.1. The summed E-state index contributed by atoms with van der Waals surface area (Å²) in [6.07, 6.45) is 6.68. The minimum Gasteiger partial charge on any atom is -0.346 e. The van der Waals surface area contributed by atoms with Crippen LogP contribution in [0.1, 0.15) is 21.6 Å². The molecule has 5 rings (SSSR count). The van der Waals surface area contributed by atoms with Crippen LogP contribution in [0.4, 0.5) is 0 Å². The Morgan fingerprint density at radius 3 is 2.74 bits per heavy atom. The molecule has 0 aliphatic carbocycles. The van der Waals surface area contributed by atoms with E-state index in [0.717, 1.165) is 21.8 Å². The molecule has 0 unspecified atom stereocenters. The molecule has 8 nitrogen and oxygen atoms in total. The van der Waals surface area contributed by atoms with Gasteiger partial charge in [0.25, 0.3) is 11.9 Å². The summed E-state index contributed by atoms with van der Waals surface area (Å²) < 4.78 is 3.42. The van der Waals surface area contributed by atoms with E-state index in [9.17, 15) is 4.79 Å². The molecule has 0 radical (unpaired) electrons. The molecule has 10 heteroatoms. The Bertz CT molecular complexity index is 1470. The van der Waals surface area contributed by atoms with Crippen molar-refractivity contribution < 1.29 is 4.79 Å². The molecular formula is C24H20ClN7OS. The van der Waals surface area contributed by atoms with Gasteiger partial charge in [-0.3, -0.25) is 4.79 Å². The summed E-state index contributed by atoms with van der Waals surface area (Å²) in [6.45, 7) is 2.29. The van der Waals surface area contributed by atoms with Gasteiger partial charge in [-0.2, -0.15) is 9.78 Å². The van der Waals surface area contributed by atoms with Crippen LogP contribution in [0, 0.1) is 6.92 Å². The first-order chi connectivity index (χ1) is 16.5. The van der Waals surface area contributed by atoms with E-state index in [1.54, 1.807) is 40.8 Å². The number of carbonyl (C=O) groups is 1. The number of aromatic nitrogens is 6. The topological polar surface area (TPSA) is 90.5 Å². The Hall–Kier alpha value is -3.82. The first-order valence-corrected chi connectivity index (χ1v) is 11.7. The number of benzene rings is 1. The Balaban J connectivity index is 1.60. The molecular weight excluding hydrogens is 470 g/mol. The van der Waals surface area contributed by atoms with Crippen molar-refractivity contribution in [1.29, 1.82) is 0 Å². The molecule has 170 valence electrons. The number of imidazole rings is 1. The lowest BCUT2D eigenvalue weighted by Gasteiger charge is -2.12. The smallest absolute Gasteiger partial charge is 0.255 e. The quantitative estimate of drug-likeness (QED) is 0.374. The number of halogens is 1. The second kappa shape index (κ2) is 9.20. The Morgan fingerprint density at radius 1 is 1.15 bits per heavy atom. The molecule has 0 aliphatic heterocycles. The van der Waals surface area contributed by atoms with E-state index in [4.69, 9.17) is 16.6 Å². The van der Waals surface area contributed by atoms with E-state index in [-0.39, 0.29) is 5.91 Å². The van der Waals surface area contributed by atoms with Crippen molar-refractivity contribution in [1.82, 2.24) is 34.6 Å². The summed E-state index contributed by atoms with van der Waals surface area (Å²) in [4.78, 5) is 27.7. The van der Waals surface area contributed by atoms with E-state index in [1.165, 1.54) is 6.20 Å². The minimum absolute atomic E-state index is 0.284. The SMILES string of the molecule is Cc1cnc(-n2ncc(C(=O)NCc3cncn3C)c2-c2ccccc2Cl)nc1-c1cccs1. The largest absolute Gasteiger partial charge is 0.346 e. The average Bonchev–Trinajstić information content (AvgIpc) is 3.59. The average molecular weight is 490 g/mol. The van der Waals surface area contributed by atoms with Gasteiger partial charge < -0.3 is 9.88 Å². The molecule has 0 saturated heterocycles. The lowest BCUT2D eigenvalue weighted by Crippen LogP contribution is -2.24. The predicted octanol–water partition coefficient (Wildman–Crippen LogP) is 4.68. The van der Waals surface area contributed by atoms with Crippen LogP contribution in [0.5, 0.6) is 0 Å². The number of nitrogens with one attached hydrogen (secondary N) is 1. The molecule has 0 saturated carbocycles. The Morgan fingerprint density at radius 2 is 2.00 bits per heavy atom. The summed E-state index contributed by atoms with van der Waals surface area (Å²) in [5.74, 6) is 0.0718. The molecule has 1 aromatic carbocycles. The van der Waals surface area contributed by atoms with Gasteiger partial charge in [-0.1, -0.05) is 35.9 Å². The highest BCUT2D eigenvalue weighted by atomic mass is 35.5. The third-order valence-corrected chi connectivity index (χ3v) is 6.60. The van der Waals surface area contributed by atoms with Crippen LogP contribution in [0.25, 0.3) is 27.8 Å². The monoisotopic (exact) mass is 489 g/mol. The molecule has 0 fully saturated rings. The van der Waals surface area contributed by atoms with Crippen molar-refractivity contribution in [2.75, 3.05) is 0 Å². The van der Waals surface area contributed by atoms with Crippen LogP contribution in [0.2, 0.25) is 5.02 Å². The molecule has 0 bridgehead atoms. The zero-order chi connectivity index (χ0) is 23.7. The number of rotatable bonds is 6. The minimum atomic E-state index is -0.284. The van der Waals surface area contributed by atoms with Crippen LogP contribution in [-0.4, -0.2) is 35.2 Å². The molecule has 1 N–H and O–H groups in total. The highest BCUT2D eigenvalue weighted by Crippen LogP contribution is 2.33. The molecule has 0 spiro atoms. The summed E-state index contributed by atoms with van der Waals surface area (Å²) in [5.41, 5.74) is 4.21. The maximum Gasteiger partial charge on any atom is 0.255 e. The molecule has 4 heterocycles. The fourth-order valence-electron chi connectivity index (χ4n) is 3.60. The van der Waals surface area contributed by atoms with E-state index < -0.39 is 0 Å². The van der Waals surface area contributed by atoms with Crippen molar-refractivity contribution in [3.63, 3.8) is 0 Å². The van der Waals surface area contributed by atoms with Gasteiger partial charge >= 0.3 is 0 Å². The number of thiophene rings is 1. The molecule has 5 aromatic rings. The van der Waals surface area contributed by atoms with Gasteiger partial charge in [0.05, 0.1) is 46.6 Å². The number of carbonyl (C=O) groups excluding carboxylic acids is 1. The van der Waals surface area contributed by atoms with Gasteiger partial charge in [-0.05, 0) is 30.0 Å². The predicted molar refractivity (Wildman–Crippen MR) is 132 cm³/mol. The number of nitrogens with zero attached hydrogens (tertiary/aromatic N) is 6.